The smallest absolute Gasteiger partial charge is 0.345 e. The summed E-state index contributed by atoms with van der Waals surface area (Å²) in [5.74, 6) is -0.460. The van der Waals surface area contributed by atoms with E-state index in [9.17, 15) is 18.0 Å². The highest BCUT2D eigenvalue weighted by atomic mass is 79.9. The molecule has 1 aromatic carbocycles. The number of rotatable bonds is 4. The molecule has 5 nitrogen and oxygen atoms in total. The first-order valence-corrected chi connectivity index (χ1v) is 7.56. The molecule has 1 aromatic heterocycles. The van der Waals surface area contributed by atoms with Gasteiger partial charge < -0.3 is 10.6 Å². The molecule has 128 valence electrons. The molecule has 0 aliphatic rings. The molecule has 25 heavy (non-hydrogen) atoms. The summed E-state index contributed by atoms with van der Waals surface area (Å²) in [4.78, 5) is 16.0. The van der Waals surface area contributed by atoms with Crippen molar-refractivity contribution in [3.8, 4) is 6.07 Å². The fourth-order valence-corrected chi connectivity index (χ4v) is 2.09. The van der Waals surface area contributed by atoms with Crippen molar-refractivity contribution in [2.45, 2.75) is 6.18 Å². The second-order valence-electron chi connectivity index (χ2n) is 4.71. The maximum Gasteiger partial charge on any atom is 0.416 e. The van der Waals surface area contributed by atoms with Crippen molar-refractivity contribution in [3.05, 3.63) is 64.4 Å². The molecule has 0 aliphatic heterocycles. The number of carbonyl (C=O) groups excluding carboxylic acids is 1. The summed E-state index contributed by atoms with van der Waals surface area (Å²) in [7, 11) is 0. The van der Waals surface area contributed by atoms with Gasteiger partial charge in [0.15, 0.2) is 0 Å². The van der Waals surface area contributed by atoms with Crippen LogP contribution >= 0.6 is 15.9 Å². The lowest BCUT2D eigenvalue weighted by Crippen LogP contribution is -2.15. The number of hydrogen-bond acceptors (Lipinski definition) is 4. The average Bonchev–Trinajstić information content (AvgIpc) is 2.55. The van der Waals surface area contributed by atoms with E-state index in [0.717, 1.165) is 28.9 Å². The molecule has 0 saturated heterocycles. The number of anilines is 2. The van der Waals surface area contributed by atoms with Crippen LogP contribution in [0.2, 0.25) is 0 Å². The quantitative estimate of drug-likeness (QED) is 0.581. The Morgan fingerprint density at radius 2 is 2.04 bits per heavy atom. The van der Waals surface area contributed by atoms with Gasteiger partial charge in [-0.05, 0) is 30.3 Å². The Balaban J connectivity index is 2.13. The number of alkyl halides is 3. The monoisotopic (exact) mass is 410 g/mol. The topological polar surface area (TPSA) is 77.8 Å². The number of nitrogens with one attached hydrogen (secondary N) is 2. The molecule has 0 bridgehead atoms. The van der Waals surface area contributed by atoms with E-state index < -0.39 is 17.6 Å². The molecule has 9 heteroatoms. The molecule has 2 rings (SSSR count). The molecule has 0 saturated carbocycles. The predicted molar refractivity (Wildman–Crippen MR) is 89.3 cm³/mol. The summed E-state index contributed by atoms with van der Waals surface area (Å²) in [6.45, 7) is 0. The first-order valence-electron chi connectivity index (χ1n) is 6.76. The molecule has 1 heterocycles. The van der Waals surface area contributed by atoms with Crippen molar-refractivity contribution in [1.82, 2.24) is 4.98 Å². The third kappa shape index (κ3) is 5.32. The van der Waals surface area contributed by atoms with Crippen molar-refractivity contribution >= 4 is 33.3 Å². The van der Waals surface area contributed by atoms with Gasteiger partial charge in [0.25, 0.3) is 5.91 Å². The first kappa shape index (κ1) is 18.5. The summed E-state index contributed by atoms with van der Waals surface area (Å²) in [6, 6.07) is 9.13. The Kier molecular flexibility index (Phi) is 5.77. The number of pyridine rings is 1. The van der Waals surface area contributed by atoms with Crippen molar-refractivity contribution in [1.29, 1.82) is 5.26 Å². The van der Waals surface area contributed by atoms with Gasteiger partial charge in [0, 0.05) is 22.6 Å². The van der Waals surface area contributed by atoms with E-state index >= 15 is 0 Å². The highest BCUT2D eigenvalue weighted by molar-refractivity contribution is 9.10. The number of hydrogen-bond donors (Lipinski definition) is 2. The molecule has 0 fully saturated rings. The lowest BCUT2D eigenvalue weighted by Gasteiger charge is -2.09. The van der Waals surface area contributed by atoms with Gasteiger partial charge in [-0.15, -0.1) is 0 Å². The van der Waals surface area contributed by atoms with Crippen molar-refractivity contribution in [2.24, 2.45) is 0 Å². The number of carbonyl (C=O) groups is 1. The lowest BCUT2D eigenvalue weighted by atomic mass is 10.2. The van der Waals surface area contributed by atoms with E-state index in [1.54, 1.807) is 18.2 Å². The predicted octanol–water partition coefficient (Wildman–Crippen LogP) is 4.32. The van der Waals surface area contributed by atoms with E-state index in [1.807, 2.05) is 0 Å². The molecule has 0 atom stereocenters. The maximum absolute atomic E-state index is 12.7. The number of aromatic nitrogens is 1. The molecule has 0 radical (unpaired) electrons. The second-order valence-corrected chi connectivity index (χ2v) is 5.62. The van der Waals surface area contributed by atoms with E-state index in [4.69, 9.17) is 5.26 Å². The molecule has 2 N–H and O–H groups in total. The highest BCUT2D eigenvalue weighted by Crippen LogP contribution is 2.30. The molecule has 2 aromatic rings. The zero-order valence-electron chi connectivity index (χ0n) is 12.4. The molecule has 0 aliphatic carbocycles. The Labute approximate surface area is 149 Å². The van der Waals surface area contributed by atoms with E-state index in [2.05, 4.69) is 31.5 Å². The Morgan fingerprint density at radius 1 is 1.28 bits per heavy atom. The Hall–Kier alpha value is -2.86. The van der Waals surface area contributed by atoms with Crippen LogP contribution in [0.1, 0.15) is 5.56 Å². The normalized spacial score (nSPS) is 11.6. The SMILES string of the molecule is N#C/C(=C/Nc1cc(Br)ccn1)C(=O)Nc1cccc(C(F)(F)F)c1. The first-order chi connectivity index (χ1) is 11.8. The standard InChI is InChI=1S/C16H10BrF3N4O/c17-12-4-5-22-14(7-12)23-9-10(8-21)15(25)24-13-3-1-2-11(6-13)16(18,19)20/h1-7,9H,(H,22,23)(H,24,25)/b10-9-. The van der Waals surface area contributed by atoms with Crippen LogP contribution in [0, 0.1) is 11.3 Å². The zero-order chi connectivity index (χ0) is 18.4. The van der Waals surface area contributed by atoms with Gasteiger partial charge >= 0.3 is 6.18 Å². The molecular weight excluding hydrogens is 401 g/mol. The molecule has 0 unspecified atom stereocenters. The summed E-state index contributed by atoms with van der Waals surface area (Å²) in [6.07, 6.45) is -1.89. The molecular formula is C16H10BrF3N4O. The van der Waals surface area contributed by atoms with Gasteiger partial charge in [-0.3, -0.25) is 4.79 Å². The summed E-state index contributed by atoms with van der Waals surface area (Å²) in [5, 5.41) is 14.0. The van der Waals surface area contributed by atoms with Gasteiger partial charge in [-0.1, -0.05) is 22.0 Å². The van der Waals surface area contributed by atoms with Gasteiger partial charge in [-0.2, -0.15) is 18.4 Å². The van der Waals surface area contributed by atoms with Crippen LogP contribution in [-0.2, 0) is 11.0 Å². The summed E-state index contributed by atoms with van der Waals surface area (Å²) < 4.78 is 38.8. The molecule has 0 spiro atoms. The number of benzene rings is 1. The van der Waals surface area contributed by atoms with Crippen molar-refractivity contribution in [3.63, 3.8) is 0 Å². The Bertz CT molecular complexity index is 859. The largest absolute Gasteiger partial charge is 0.416 e. The number of halogens is 4. The fourth-order valence-electron chi connectivity index (χ4n) is 1.75. The van der Waals surface area contributed by atoms with Gasteiger partial charge in [0.05, 0.1) is 5.56 Å². The van der Waals surface area contributed by atoms with E-state index in [1.165, 1.54) is 12.3 Å². The van der Waals surface area contributed by atoms with E-state index in [-0.39, 0.29) is 11.3 Å². The average molecular weight is 411 g/mol. The molecule has 1 amide bonds. The van der Waals surface area contributed by atoms with Gasteiger partial charge in [0.1, 0.15) is 17.5 Å². The van der Waals surface area contributed by atoms with Crippen LogP contribution < -0.4 is 10.6 Å². The van der Waals surface area contributed by atoms with Crippen LogP contribution in [0.25, 0.3) is 0 Å². The number of nitriles is 1. The highest BCUT2D eigenvalue weighted by Gasteiger charge is 2.30. The van der Waals surface area contributed by atoms with Crippen LogP contribution in [0.4, 0.5) is 24.7 Å². The van der Waals surface area contributed by atoms with Crippen LogP contribution in [0.5, 0.6) is 0 Å². The number of amides is 1. The van der Waals surface area contributed by atoms with Gasteiger partial charge in [-0.25, -0.2) is 4.98 Å². The van der Waals surface area contributed by atoms with Crippen molar-refractivity contribution in [2.75, 3.05) is 10.6 Å². The van der Waals surface area contributed by atoms with Crippen molar-refractivity contribution < 1.29 is 18.0 Å². The number of nitrogens with zero attached hydrogens (tertiary/aromatic N) is 2. The Morgan fingerprint density at radius 3 is 2.68 bits per heavy atom. The second kappa shape index (κ2) is 7.81. The minimum atomic E-state index is -4.53. The van der Waals surface area contributed by atoms with Gasteiger partial charge in [0.2, 0.25) is 0 Å². The third-order valence-electron chi connectivity index (χ3n) is 2.90. The maximum atomic E-state index is 12.7. The minimum absolute atomic E-state index is 0.0680. The van der Waals surface area contributed by atoms with Crippen LogP contribution in [0.15, 0.2) is 58.8 Å². The summed E-state index contributed by atoms with van der Waals surface area (Å²) in [5.41, 5.74) is -1.29. The summed E-state index contributed by atoms with van der Waals surface area (Å²) >= 11 is 3.25. The lowest BCUT2D eigenvalue weighted by molar-refractivity contribution is -0.137. The minimum Gasteiger partial charge on any atom is -0.345 e. The fraction of sp³-hybridized carbons (Fsp3) is 0.0625. The van der Waals surface area contributed by atoms with Crippen LogP contribution in [0.3, 0.4) is 0 Å². The van der Waals surface area contributed by atoms with Crippen LogP contribution in [-0.4, -0.2) is 10.9 Å². The van der Waals surface area contributed by atoms with E-state index in [0.29, 0.717) is 5.82 Å². The third-order valence-corrected chi connectivity index (χ3v) is 3.39. The zero-order valence-corrected chi connectivity index (χ0v) is 14.0.